The van der Waals surface area contributed by atoms with E-state index < -0.39 is 0 Å². The molecular formula is C17H29N. The monoisotopic (exact) mass is 247 g/mol. The van der Waals surface area contributed by atoms with E-state index in [4.69, 9.17) is 0 Å². The zero-order valence-electron chi connectivity index (χ0n) is 12.5. The molecule has 18 heavy (non-hydrogen) atoms. The van der Waals surface area contributed by atoms with Crippen LogP contribution in [0.2, 0.25) is 0 Å². The van der Waals surface area contributed by atoms with Crippen LogP contribution >= 0.6 is 0 Å². The number of nitrogens with one attached hydrogen (secondary N) is 1. The Labute approximate surface area is 113 Å². The number of benzene rings is 1. The SMILES string of the molecule is CCNCC(CCC(C)C)Cc1ccccc1C. The first-order chi connectivity index (χ1) is 8.63. The minimum atomic E-state index is 0.772. The van der Waals surface area contributed by atoms with Crippen molar-refractivity contribution in [2.24, 2.45) is 11.8 Å². The Morgan fingerprint density at radius 3 is 2.44 bits per heavy atom. The average Bonchev–Trinajstić information content (AvgIpc) is 2.35. The summed E-state index contributed by atoms with van der Waals surface area (Å²) in [5.41, 5.74) is 2.95. The van der Waals surface area contributed by atoms with Gasteiger partial charge in [0, 0.05) is 0 Å². The first-order valence-corrected chi connectivity index (χ1v) is 7.38. The van der Waals surface area contributed by atoms with Crippen molar-refractivity contribution < 1.29 is 0 Å². The minimum absolute atomic E-state index is 0.772. The third-order valence-corrected chi connectivity index (χ3v) is 3.61. The third kappa shape index (κ3) is 5.68. The average molecular weight is 247 g/mol. The fourth-order valence-corrected chi connectivity index (χ4v) is 2.34. The van der Waals surface area contributed by atoms with Gasteiger partial charge >= 0.3 is 0 Å². The molecule has 0 heterocycles. The highest BCUT2D eigenvalue weighted by molar-refractivity contribution is 5.25. The summed E-state index contributed by atoms with van der Waals surface area (Å²) in [5.74, 6) is 1.58. The van der Waals surface area contributed by atoms with E-state index in [9.17, 15) is 0 Å². The molecule has 0 fully saturated rings. The molecule has 1 unspecified atom stereocenters. The van der Waals surface area contributed by atoms with Crippen molar-refractivity contribution in [3.05, 3.63) is 35.4 Å². The smallest absolute Gasteiger partial charge is 0.00174 e. The molecule has 1 aromatic carbocycles. The lowest BCUT2D eigenvalue weighted by atomic mass is 9.90. The Morgan fingerprint density at radius 1 is 1.11 bits per heavy atom. The van der Waals surface area contributed by atoms with Crippen molar-refractivity contribution in [2.75, 3.05) is 13.1 Å². The second-order valence-electron chi connectivity index (χ2n) is 5.78. The van der Waals surface area contributed by atoms with Crippen molar-refractivity contribution >= 4 is 0 Å². The molecule has 1 rings (SSSR count). The van der Waals surface area contributed by atoms with Crippen LogP contribution in [-0.2, 0) is 6.42 Å². The normalized spacial score (nSPS) is 12.9. The van der Waals surface area contributed by atoms with Gasteiger partial charge in [-0.3, -0.25) is 0 Å². The van der Waals surface area contributed by atoms with Crippen molar-refractivity contribution in [1.82, 2.24) is 5.32 Å². The van der Waals surface area contributed by atoms with E-state index in [0.717, 1.165) is 24.9 Å². The Hall–Kier alpha value is -0.820. The molecule has 1 atom stereocenters. The van der Waals surface area contributed by atoms with E-state index in [1.807, 2.05) is 0 Å². The van der Waals surface area contributed by atoms with Gasteiger partial charge in [0.2, 0.25) is 0 Å². The largest absolute Gasteiger partial charge is 0.317 e. The third-order valence-electron chi connectivity index (χ3n) is 3.61. The van der Waals surface area contributed by atoms with Gasteiger partial charge in [-0.1, -0.05) is 51.5 Å². The van der Waals surface area contributed by atoms with Gasteiger partial charge in [0.25, 0.3) is 0 Å². The van der Waals surface area contributed by atoms with Gasteiger partial charge in [0.15, 0.2) is 0 Å². The van der Waals surface area contributed by atoms with Crippen LogP contribution in [0, 0.1) is 18.8 Å². The predicted octanol–water partition coefficient (Wildman–Crippen LogP) is 4.20. The topological polar surface area (TPSA) is 12.0 Å². The Kier molecular flexibility index (Phi) is 7.04. The molecule has 0 spiro atoms. The van der Waals surface area contributed by atoms with Crippen LogP contribution in [0.15, 0.2) is 24.3 Å². The van der Waals surface area contributed by atoms with Gasteiger partial charge in [0.05, 0.1) is 0 Å². The lowest BCUT2D eigenvalue weighted by Crippen LogP contribution is -2.24. The molecule has 0 aliphatic rings. The Balaban J connectivity index is 2.56. The first-order valence-electron chi connectivity index (χ1n) is 7.38. The van der Waals surface area contributed by atoms with E-state index >= 15 is 0 Å². The van der Waals surface area contributed by atoms with E-state index in [1.54, 1.807) is 0 Å². The fraction of sp³-hybridized carbons (Fsp3) is 0.647. The molecule has 1 aromatic rings. The molecule has 0 amide bonds. The summed E-state index contributed by atoms with van der Waals surface area (Å²) in [6, 6.07) is 8.80. The molecule has 0 saturated heterocycles. The van der Waals surface area contributed by atoms with Gasteiger partial charge in [-0.15, -0.1) is 0 Å². The highest BCUT2D eigenvalue weighted by atomic mass is 14.8. The molecule has 0 aliphatic heterocycles. The summed E-state index contributed by atoms with van der Waals surface area (Å²) in [4.78, 5) is 0. The second-order valence-corrected chi connectivity index (χ2v) is 5.78. The second kappa shape index (κ2) is 8.31. The molecular weight excluding hydrogens is 218 g/mol. The fourth-order valence-electron chi connectivity index (χ4n) is 2.34. The molecule has 0 aromatic heterocycles. The maximum absolute atomic E-state index is 3.51. The van der Waals surface area contributed by atoms with Crippen LogP contribution in [0.5, 0.6) is 0 Å². The lowest BCUT2D eigenvalue weighted by Gasteiger charge is -2.19. The number of hydrogen-bond acceptors (Lipinski definition) is 1. The Morgan fingerprint density at radius 2 is 1.83 bits per heavy atom. The summed E-state index contributed by atoms with van der Waals surface area (Å²) in [6.45, 7) is 11.3. The molecule has 1 N–H and O–H groups in total. The van der Waals surface area contributed by atoms with Crippen molar-refractivity contribution in [3.8, 4) is 0 Å². The number of rotatable bonds is 8. The molecule has 0 aliphatic carbocycles. The van der Waals surface area contributed by atoms with Gasteiger partial charge < -0.3 is 5.32 Å². The van der Waals surface area contributed by atoms with Crippen LogP contribution in [0.4, 0.5) is 0 Å². The van der Waals surface area contributed by atoms with E-state index in [-0.39, 0.29) is 0 Å². The van der Waals surface area contributed by atoms with Crippen LogP contribution < -0.4 is 5.32 Å². The standard InChI is InChI=1S/C17H29N/c1-5-18-13-16(11-10-14(2)3)12-17-9-7-6-8-15(17)4/h6-9,14,16,18H,5,10-13H2,1-4H3. The van der Waals surface area contributed by atoms with Crippen LogP contribution in [0.1, 0.15) is 44.7 Å². The number of aryl methyl sites for hydroxylation is 1. The highest BCUT2D eigenvalue weighted by Gasteiger charge is 2.11. The Bertz CT molecular complexity index is 330. The van der Waals surface area contributed by atoms with Gasteiger partial charge in [-0.25, -0.2) is 0 Å². The molecule has 0 bridgehead atoms. The number of hydrogen-bond donors (Lipinski definition) is 1. The first kappa shape index (κ1) is 15.2. The zero-order chi connectivity index (χ0) is 13.4. The molecule has 0 radical (unpaired) electrons. The summed E-state index contributed by atoms with van der Waals surface area (Å²) in [7, 11) is 0. The quantitative estimate of drug-likeness (QED) is 0.726. The van der Waals surface area contributed by atoms with Crippen LogP contribution in [0.25, 0.3) is 0 Å². The van der Waals surface area contributed by atoms with Crippen LogP contribution in [0.3, 0.4) is 0 Å². The summed E-state index contributed by atoms with van der Waals surface area (Å²) < 4.78 is 0. The maximum Gasteiger partial charge on any atom is -0.00174 e. The van der Waals surface area contributed by atoms with Crippen molar-refractivity contribution in [2.45, 2.75) is 47.0 Å². The predicted molar refractivity (Wildman–Crippen MR) is 81.0 cm³/mol. The molecule has 1 nitrogen and oxygen atoms in total. The minimum Gasteiger partial charge on any atom is -0.317 e. The molecule has 0 saturated carbocycles. The van der Waals surface area contributed by atoms with E-state index in [1.165, 1.54) is 30.4 Å². The van der Waals surface area contributed by atoms with Gasteiger partial charge in [-0.05, 0) is 55.8 Å². The van der Waals surface area contributed by atoms with Gasteiger partial charge in [-0.2, -0.15) is 0 Å². The van der Waals surface area contributed by atoms with E-state index in [0.29, 0.717) is 0 Å². The van der Waals surface area contributed by atoms with Gasteiger partial charge in [0.1, 0.15) is 0 Å². The van der Waals surface area contributed by atoms with Crippen molar-refractivity contribution in [3.63, 3.8) is 0 Å². The summed E-state index contributed by atoms with van der Waals surface area (Å²) in [5, 5.41) is 3.51. The maximum atomic E-state index is 3.51. The summed E-state index contributed by atoms with van der Waals surface area (Å²) >= 11 is 0. The van der Waals surface area contributed by atoms with Crippen LogP contribution in [-0.4, -0.2) is 13.1 Å². The molecule has 102 valence electrons. The highest BCUT2D eigenvalue weighted by Crippen LogP contribution is 2.19. The molecule has 1 heteroatoms. The van der Waals surface area contributed by atoms with E-state index in [2.05, 4.69) is 57.3 Å². The zero-order valence-corrected chi connectivity index (χ0v) is 12.5. The lowest BCUT2D eigenvalue weighted by molar-refractivity contribution is 0.401. The van der Waals surface area contributed by atoms with Crippen molar-refractivity contribution in [1.29, 1.82) is 0 Å². The summed E-state index contributed by atoms with van der Waals surface area (Å²) in [6.07, 6.45) is 3.88.